The van der Waals surface area contributed by atoms with Crippen molar-refractivity contribution in [3.63, 3.8) is 0 Å². The van der Waals surface area contributed by atoms with E-state index in [1.807, 2.05) is 66.7 Å². The fourth-order valence-electron chi connectivity index (χ4n) is 3.19. The van der Waals surface area contributed by atoms with Crippen LogP contribution in [-0.4, -0.2) is 26.8 Å². The van der Waals surface area contributed by atoms with E-state index in [0.29, 0.717) is 0 Å². The number of nitrogens with zero attached hydrogens (tertiary/aromatic N) is 4. The molecule has 0 atom stereocenters. The van der Waals surface area contributed by atoms with Crippen molar-refractivity contribution in [1.29, 1.82) is 0 Å². The number of fused-ring (bicyclic) bond motifs is 1. The number of amides is 1. The Hall–Kier alpha value is -3.85. The molecule has 1 aromatic heterocycles. The predicted molar refractivity (Wildman–Crippen MR) is 121 cm³/mol. The number of halogens is 1. The monoisotopic (exact) mass is 477 g/mol. The lowest BCUT2D eigenvalue weighted by Crippen LogP contribution is -2.19. The van der Waals surface area contributed by atoms with Gasteiger partial charge in [-0.05, 0) is 28.5 Å². The third kappa shape index (κ3) is 4.67. The van der Waals surface area contributed by atoms with Gasteiger partial charge in [-0.1, -0.05) is 70.5 Å². The minimum Gasteiger partial charge on any atom is -0.265 e. The van der Waals surface area contributed by atoms with Crippen molar-refractivity contribution in [1.82, 2.24) is 15.2 Å². The first-order valence-electron chi connectivity index (χ1n) is 9.29. The molecule has 4 aromatic rings. The van der Waals surface area contributed by atoms with E-state index in [0.717, 1.165) is 26.4 Å². The second-order valence-corrected chi connectivity index (χ2v) is 7.63. The molecule has 9 heteroatoms. The largest absolute Gasteiger partial charge is 0.320 e. The van der Waals surface area contributed by atoms with Crippen LogP contribution in [-0.2, 0) is 6.54 Å². The standard InChI is InChI=1S/C22H16BrN5O3/c23-18-9-3-5-15(11-18)13-27-14-20(28(30)31)21(26-27)22(29)25-24-12-17-8-4-7-16-6-1-2-10-19(16)17/h1-12,14H,13H2,(H,25,29). The van der Waals surface area contributed by atoms with Gasteiger partial charge in [0.05, 0.1) is 17.7 Å². The molecular weight excluding hydrogens is 462 g/mol. The zero-order chi connectivity index (χ0) is 21.8. The van der Waals surface area contributed by atoms with Crippen molar-refractivity contribution in [2.75, 3.05) is 0 Å². The molecule has 31 heavy (non-hydrogen) atoms. The molecule has 0 spiro atoms. The molecule has 0 radical (unpaired) electrons. The van der Waals surface area contributed by atoms with Gasteiger partial charge >= 0.3 is 5.69 Å². The number of hydrazone groups is 1. The molecule has 3 aromatic carbocycles. The summed E-state index contributed by atoms with van der Waals surface area (Å²) in [6.45, 7) is 0.285. The molecule has 1 amide bonds. The summed E-state index contributed by atoms with van der Waals surface area (Å²) in [6.07, 6.45) is 2.74. The highest BCUT2D eigenvalue weighted by Gasteiger charge is 2.25. The van der Waals surface area contributed by atoms with Gasteiger partial charge in [-0.2, -0.15) is 10.2 Å². The summed E-state index contributed by atoms with van der Waals surface area (Å²) in [5.41, 5.74) is 3.35. The smallest absolute Gasteiger partial charge is 0.265 e. The molecule has 1 heterocycles. The molecule has 154 valence electrons. The summed E-state index contributed by atoms with van der Waals surface area (Å²) in [6, 6.07) is 21.0. The maximum absolute atomic E-state index is 12.5. The fraction of sp³-hybridized carbons (Fsp3) is 0.0455. The Balaban J connectivity index is 1.54. The van der Waals surface area contributed by atoms with Crippen LogP contribution in [0.15, 0.2) is 82.5 Å². The Morgan fingerprint density at radius 1 is 1.16 bits per heavy atom. The number of nitro groups is 1. The van der Waals surface area contributed by atoms with Gasteiger partial charge < -0.3 is 0 Å². The van der Waals surface area contributed by atoms with Crippen LogP contribution in [0.3, 0.4) is 0 Å². The molecular formula is C22H16BrN5O3. The van der Waals surface area contributed by atoms with Crippen molar-refractivity contribution in [2.24, 2.45) is 5.10 Å². The summed E-state index contributed by atoms with van der Waals surface area (Å²) in [5.74, 6) is -0.754. The highest BCUT2D eigenvalue weighted by Crippen LogP contribution is 2.19. The summed E-state index contributed by atoms with van der Waals surface area (Å²) in [4.78, 5) is 23.3. The molecule has 0 saturated heterocycles. The van der Waals surface area contributed by atoms with Crippen LogP contribution in [0.5, 0.6) is 0 Å². The molecule has 8 nitrogen and oxygen atoms in total. The molecule has 4 rings (SSSR count). The van der Waals surface area contributed by atoms with Crippen molar-refractivity contribution in [3.8, 4) is 0 Å². The normalized spacial score (nSPS) is 11.1. The molecule has 0 unspecified atom stereocenters. The maximum atomic E-state index is 12.5. The Morgan fingerprint density at radius 3 is 2.74 bits per heavy atom. The number of hydrogen-bond donors (Lipinski definition) is 1. The maximum Gasteiger partial charge on any atom is 0.320 e. The van der Waals surface area contributed by atoms with Gasteiger partial charge in [0.2, 0.25) is 5.69 Å². The average molecular weight is 478 g/mol. The number of nitrogens with one attached hydrogen (secondary N) is 1. The molecule has 0 fully saturated rings. The van der Waals surface area contributed by atoms with Crippen LogP contribution in [0.25, 0.3) is 10.8 Å². The lowest BCUT2D eigenvalue weighted by atomic mass is 10.1. The second kappa shape index (κ2) is 8.88. The lowest BCUT2D eigenvalue weighted by Gasteiger charge is -2.02. The van der Waals surface area contributed by atoms with Gasteiger partial charge in [0.15, 0.2) is 0 Å². The van der Waals surface area contributed by atoms with E-state index in [1.54, 1.807) is 0 Å². The quantitative estimate of drug-likeness (QED) is 0.250. The number of aromatic nitrogens is 2. The van der Waals surface area contributed by atoms with E-state index in [4.69, 9.17) is 0 Å². The van der Waals surface area contributed by atoms with E-state index in [1.165, 1.54) is 17.1 Å². The van der Waals surface area contributed by atoms with Gasteiger partial charge in [0, 0.05) is 10.0 Å². The number of benzene rings is 3. The van der Waals surface area contributed by atoms with Crippen LogP contribution in [0.2, 0.25) is 0 Å². The second-order valence-electron chi connectivity index (χ2n) is 6.72. The van der Waals surface area contributed by atoms with E-state index in [2.05, 4.69) is 31.6 Å². The predicted octanol–water partition coefficient (Wildman–Crippen LogP) is 4.52. The minimum atomic E-state index is -0.754. The molecule has 0 aliphatic rings. The first kappa shape index (κ1) is 20.4. The Bertz CT molecular complexity index is 1310. The third-order valence-electron chi connectivity index (χ3n) is 4.58. The number of rotatable bonds is 6. The summed E-state index contributed by atoms with van der Waals surface area (Å²) < 4.78 is 2.25. The first-order chi connectivity index (χ1) is 15.0. The van der Waals surface area contributed by atoms with Crippen LogP contribution in [0, 0.1) is 10.1 Å². The zero-order valence-electron chi connectivity index (χ0n) is 16.1. The topological polar surface area (TPSA) is 102 Å². The summed E-state index contributed by atoms with van der Waals surface area (Å²) >= 11 is 3.39. The molecule has 0 saturated carbocycles. The van der Waals surface area contributed by atoms with Crippen LogP contribution in [0.1, 0.15) is 21.6 Å². The van der Waals surface area contributed by atoms with Gasteiger partial charge in [-0.3, -0.25) is 19.6 Å². The number of hydrogen-bond acceptors (Lipinski definition) is 5. The summed E-state index contributed by atoms with van der Waals surface area (Å²) in [7, 11) is 0. The lowest BCUT2D eigenvalue weighted by molar-refractivity contribution is -0.385. The first-order valence-corrected chi connectivity index (χ1v) is 10.1. The SMILES string of the molecule is O=C(NN=Cc1cccc2ccccc12)c1nn(Cc2cccc(Br)c2)cc1[N+](=O)[O-]. The van der Waals surface area contributed by atoms with Gasteiger partial charge in [0.25, 0.3) is 5.91 Å². The Labute approximate surface area is 185 Å². The molecule has 0 bridgehead atoms. The number of carbonyl (C=O) groups excluding carboxylic acids is 1. The van der Waals surface area contributed by atoms with Gasteiger partial charge in [0.1, 0.15) is 6.20 Å². The van der Waals surface area contributed by atoms with E-state index in [-0.39, 0.29) is 17.9 Å². The van der Waals surface area contributed by atoms with Crippen LogP contribution < -0.4 is 5.43 Å². The molecule has 0 aliphatic heterocycles. The third-order valence-corrected chi connectivity index (χ3v) is 5.07. The van der Waals surface area contributed by atoms with Crippen molar-refractivity contribution < 1.29 is 9.72 Å². The van der Waals surface area contributed by atoms with Gasteiger partial charge in [-0.15, -0.1) is 0 Å². The molecule has 0 aliphatic carbocycles. The van der Waals surface area contributed by atoms with Crippen molar-refractivity contribution >= 4 is 44.5 Å². The number of carbonyl (C=O) groups is 1. The van der Waals surface area contributed by atoms with Crippen LogP contribution >= 0.6 is 15.9 Å². The van der Waals surface area contributed by atoms with Crippen molar-refractivity contribution in [2.45, 2.75) is 6.54 Å². The van der Waals surface area contributed by atoms with Gasteiger partial charge in [-0.25, -0.2) is 5.43 Å². The van der Waals surface area contributed by atoms with Crippen LogP contribution in [0.4, 0.5) is 5.69 Å². The zero-order valence-corrected chi connectivity index (χ0v) is 17.7. The highest BCUT2D eigenvalue weighted by atomic mass is 79.9. The van der Waals surface area contributed by atoms with E-state index in [9.17, 15) is 14.9 Å². The van der Waals surface area contributed by atoms with E-state index < -0.39 is 10.8 Å². The molecule has 1 N–H and O–H groups in total. The summed E-state index contributed by atoms with van der Waals surface area (Å²) in [5, 5.41) is 21.5. The Kier molecular flexibility index (Phi) is 5.85. The van der Waals surface area contributed by atoms with E-state index >= 15 is 0 Å². The highest BCUT2D eigenvalue weighted by molar-refractivity contribution is 9.10. The van der Waals surface area contributed by atoms with Crippen molar-refractivity contribution in [3.05, 3.63) is 104 Å². The minimum absolute atomic E-state index is 0.285. The Morgan fingerprint density at radius 2 is 1.94 bits per heavy atom. The fourth-order valence-corrected chi connectivity index (χ4v) is 3.63. The average Bonchev–Trinajstić information content (AvgIpc) is 3.18.